The highest BCUT2D eigenvalue weighted by molar-refractivity contribution is 7.86. The number of nitrogens with zero attached hydrogens (tertiary/aromatic N) is 4. The fourth-order valence-electron chi connectivity index (χ4n) is 7.94. The van der Waals surface area contributed by atoms with E-state index < -0.39 is 30.8 Å². The third-order valence-corrected chi connectivity index (χ3v) is 14.7. The number of aromatic nitrogens is 4. The lowest BCUT2D eigenvalue weighted by Gasteiger charge is -2.13. The number of hydrogen-bond donors (Lipinski definition) is 6. The predicted octanol–water partition coefficient (Wildman–Crippen LogP) is 11.0. The molecule has 0 saturated heterocycles. The van der Waals surface area contributed by atoms with Crippen molar-refractivity contribution < 1.29 is 42.1 Å². The van der Waals surface area contributed by atoms with E-state index in [4.69, 9.17) is 86.9 Å². The molecule has 0 unspecified atom stereocenters. The first-order valence-electron chi connectivity index (χ1n) is 22.9. The largest absolute Gasteiger partial charge is 0.394 e. The molecule has 77 heavy (non-hydrogen) atoms. The van der Waals surface area contributed by atoms with Crippen LogP contribution in [-0.4, -0.2) is 54.3 Å². The van der Waals surface area contributed by atoms with E-state index in [9.17, 15) is 24.6 Å². The molecule has 10 N–H and O–H groups in total. The van der Waals surface area contributed by atoms with Gasteiger partial charge in [0.1, 0.15) is 11.6 Å². The summed E-state index contributed by atoms with van der Waals surface area (Å²) in [5.41, 5.74) is 34.3. The molecule has 2 aromatic heterocycles. The Bertz CT molecular complexity index is 3520. The summed E-state index contributed by atoms with van der Waals surface area (Å²) in [7, 11) is -14.1. The van der Waals surface area contributed by atoms with Crippen LogP contribution in [-0.2, 0) is 82.2 Å². The van der Waals surface area contributed by atoms with E-state index in [1.54, 1.807) is 48.5 Å². The van der Waals surface area contributed by atoms with E-state index in [0.29, 0.717) is 94.0 Å². The average Bonchev–Trinajstić information content (AvgIpc) is 3.37. The number of nitrogens with two attached hydrogens (primary N) is 4. The minimum atomic E-state index is -4.71. The minimum Gasteiger partial charge on any atom is -0.383 e. The first-order valence-corrected chi connectivity index (χ1v) is 28.5. The van der Waals surface area contributed by atoms with Crippen molar-refractivity contribution in [2.45, 2.75) is 61.2 Å². The highest BCUT2D eigenvalue weighted by Gasteiger charge is 2.18. The number of hydrogen-bond acceptors (Lipinski definition) is 14. The number of aryl methyl sites for hydroxylation is 8. The quantitative estimate of drug-likeness (QED) is 0.0387. The monoisotopic (exact) mass is 1190 g/mol. The van der Waals surface area contributed by atoms with Gasteiger partial charge in [-0.2, -0.15) is 35.2 Å². The van der Waals surface area contributed by atoms with Crippen LogP contribution >= 0.6 is 46.4 Å². The molecule has 404 valence electrons. The minimum absolute atomic E-state index is 0.103. The molecule has 0 radical (unpaired) electrons. The van der Waals surface area contributed by atoms with Crippen molar-refractivity contribution in [2.24, 2.45) is 0 Å². The van der Waals surface area contributed by atoms with E-state index in [-0.39, 0.29) is 33.3 Å². The Balaban J connectivity index is 0.000000229. The van der Waals surface area contributed by atoms with Crippen molar-refractivity contribution in [1.29, 1.82) is 0 Å². The molecule has 0 bridgehead atoms. The maximum absolute atomic E-state index is 13.2. The Kier molecular flexibility index (Phi) is 20.3. The molecule has 0 atom stereocenters. The van der Waals surface area contributed by atoms with Gasteiger partial charge in [-0.1, -0.05) is 131 Å². The number of rotatable bonds is 16. The smallest absolute Gasteiger partial charge is 0.383 e. The van der Waals surface area contributed by atoms with E-state index in [2.05, 4.69) is 19.9 Å². The molecule has 25 heteroatoms. The number of nitrogen functional groups attached to an aromatic ring is 4. The Labute approximate surface area is 464 Å². The fourth-order valence-corrected chi connectivity index (χ4v) is 9.60. The standard InChI is InChI=1S/2C26H23Cl2FN4O2S.H2O4S/c2*27-21-12-11-19(15-22(21)28)24-23(32-26(31)33-25(24)30)13-10-17-6-4-16(5-7-17)8-9-18-2-1-3-20(14-18)36(29,34)35;1-5(2,3)4/h2*1-7,11-12,14-15H,8-10,13H2,(H4,30,31,32,33);(H2,1,2,3,4). The van der Waals surface area contributed by atoms with Gasteiger partial charge >= 0.3 is 30.8 Å². The van der Waals surface area contributed by atoms with Crippen molar-refractivity contribution in [3.63, 3.8) is 0 Å². The van der Waals surface area contributed by atoms with E-state index in [0.717, 1.165) is 44.5 Å². The van der Waals surface area contributed by atoms with Crippen LogP contribution in [0.4, 0.5) is 31.3 Å². The first kappa shape index (κ1) is 59.7. The molecule has 0 saturated carbocycles. The third-order valence-electron chi connectivity index (χ3n) is 11.6. The molecular formula is C52H48Cl4F2N8O8S3. The van der Waals surface area contributed by atoms with Crippen molar-refractivity contribution in [3.8, 4) is 22.3 Å². The Morgan fingerprint density at radius 2 is 0.688 bits per heavy atom. The first-order chi connectivity index (χ1) is 36.2. The van der Waals surface area contributed by atoms with Gasteiger partial charge in [-0.15, -0.1) is 7.77 Å². The highest BCUT2D eigenvalue weighted by Crippen LogP contribution is 2.35. The second-order valence-corrected chi connectivity index (χ2v) is 22.3. The molecule has 6 aromatic carbocycles. The van der Waals surface area contributed by atoms with Crippen LogP contribution in [0.25, 0.3) is 22.3 Å². The second kappa shape index (κ2) is 26.2. The normalized spacial score (nSPS) is 11.5. The molecular weight excluding hydrogens is 1140 g/mol. The number of anilines is 4. The molecule has 0 amide bonds. The van der Waals surface area contributed by atoms with Crippen molar-refractivity contribution in [2.75, 3.05) is 22.9 Å². The van der Waals surface area contributed by atoms with Crippen LogP contribution in [0.1, 0.15) is 44.8 Å². The molecule has 0 aliphatic carbocycles. The molecule has 0 aliphatic heterocycles. The van der Waals surface area contributed by atoms with Crippen molar-refractivity contribution in [3.05, 3.63) is 198 Å². The second-order valence-electron chi connectivity index (χ2n) is 17.1. The molecule has 8 rings (SSSR count). The van der Waals surface area contributed by atoms with E-state index in [1.807, 2.05) is 60.7 Å². The Morgan fingerprint density at radius 1 is 0.390 bits per heavy atom. The SMILES string of the molecule is Nc1nc(N)c(-c2ccc(Cl)c(Cl)c2)c(CCc2ccc(CCc3cccc(S(=O)(=O)F)c3)cc2)n1.Nc1nc(N)c(-c2ccc(Cl)c(Cl)c2)c(CCc2ccc(CCc3cccc(S(=O)(=O)F)c3)cc2)n1.O=S(=O)(O)O. The number of benzene rings is 6. The lowest BCUT2D eigenvalue weighted by molar-refractivity contribution is 0.380. The summed E-state index contributed by atoms with van der Waals surface area (Å²) in [6.45, 7) is 0. The lowest BCUT2D eigenvalue weighted by atomic mass is 9.98. The van der Waals surface area contributed by atoms with Crippen LogP contribution in [0.2, 0.25) is 20.1 Å². The summed E-state index contributed by atoms with van der Waals surface area (Å²) in [4.78, 5) is 16.4. The zero-order valence-corrected chi connectivity index (χ0v) is 45.8. The number of halogens is 6. The predicted molar refractivity (Wildman–Crippen MR) is 299 cm³/mol. The van der Waals surface area contributed by atoms with Crippen molar-refractivity contribution >= 4 is 101 Å². The topological polar surface area (TPSA) is 299 Å². The van der Waals surface area contributed by atoms with Crippen LogP contribution < -0.4 is 22.9 Å². The van der Waals surface area contributed by atoms with Crippen LogP contribution in [0, 0.1) is 0 Å². The van der Waals surface area contributed by atoms with Gasteiger partial charge < -0.3 is 22.9 Å². The zero-order chi connectivity index (χ0) is 56.2. The van der Waals surface area contributed by atoms with Crippen molar-refractivity contribution in [1.82, 2.24) is 19.9 Å². The Hall–Kier alpha value is -6.53. The molecule has 2 heterocycles. The average molecular weight is 1190 g/mol. The van der Waals surface area contributed by atoms with Crippen LogP contribution in [0.15, 0.2) is 143 Å². The van der Waals surface area contributed by atoms with Gasteiger partial charge in [0, 0.05) is 11.1 Å². The summed E-state index contributed by atoms with van der Waals surface area (Å²) < 4.78 is 103. The molecule has 0 fully saturated rings. The van der Waals surface area contributed by atoms with Gasteiger partial charge in [-0.25, -0.2) is 9.97 Å². The Morgan fingerprint density at radius 3 is 0.987 bits per heavy atom. The molecule has 8 aromatic rings. The summed E-state index contributed by atoms with van der Waals surface area (Å²) in [6.07, 6.45) is 5.12. The van der Waals surface area contributed by atoms with Crippen LogP contribution in [0.3, 0.4) is 0 Å². The molecule has 0 spiro atoms. The maximum atomic E-state index is 13.2. The van der Waals surface area contributed by atoms with Gasteiger partial charge in [0.25, 0.3) is 0 Å². The summed E-state index contributed by atoms with van der Waals surface area (Å²) in [6, 6.07) is 38.6. The van der Waals surface area contributed by atoms with Gasteiger partial charge in [0.05, 0.1) is 41.3 Å². The van der Waals surface area contributed by atoms with E-state index >= 15 is 0 Å². The van der Waals surface area contributed by atoms with Gasteiger partial charge in [-0.05, 0) is 144 Å². The van der Waals surface area contributed by atoms with Gasteiger partial charge in [0.15, 0.2) is 0 Å². The summed E-state index contributed by atoms with van der Waals surface area (Å²) >= 11 is 24.5. The molecule has 16 nitrogen and oxygen atoms in total. The third kappa shape index (κ3) is 18.3. The van der Waals surface area contributed by atoms with Gasteiger partial charge in [0.2, 0.25) is 11.9 Å². The zero-order valence-electron chi connectivity index (χ0n) is 40.3. The fraction of sp³-hybridized carbons (Fsp3) is 0.154. The summed E-state index contributed by atoms with van der Waals surface area (Å²) in [5.74, 6) is 0.754. The maximum Gasteiger partial charge on any atom is 0.394 e. The van der Waals surface area contributed by atoms with Crippen LogP contribution in [0.5, 0.6) is 0 Å². The molecule has 0 aliphatic rings. The highest BCUT2D eigenvalue weighted by atomic mass is 35.5. The summed E-state index contributed by atoms with van der Waals surface area (Å²) in [5, 5.41) is 1.70. The lowest BCUT2D eigenvalue weighted by Crippen LogP contribution is -2.08. The van der Waals surface area contributed by atoms with E-state index in [1.165, 1.54) is 24.3 Å². The van der Waals surface area contributed by atoms with Gasteiger partial charge in [-0.3, -0.25) is 9.11 Å².